The third-order valence-electron chi connectivity index (χ3n) is 4.14. The predicted octanol–water partition coefficient (Wildman–Crippen LogP) is 4.35. The molecule has 0 radical (unpaired) electrons. The van der Waals surface area contributed by atoms with E-state index in [0.29, 0.717) is 28.2 Å². The molecule has 0 unspecified atom stereocenters. The Morgan fingerprint density at radius 1 is 1.33 bits per heavy atom. The van der Waals surface area contributed by atoms with E-state index in [1.807, 2.05) is 4.90 Å². The van der Waals surface area contributed by atoms with Crippen molar-refractivity contribution in [3.63, 3.8) is 0 Å². The van der Waals surface area contributed by atoms with E-state index in [9.17, 15) is 4.79 Å². The molecule has 0 aliphatic heterocycles. The van der Waals surface area contributed by atoms with Crippen LogP contribution in [0.25, 0.3) is 0 Å². The lowest BCUT2D eigenvalue weighted by molar-refractivity contribution is 0.0672. The molecule has 1 amide bonds. The minimum atomic E-state index is 0.0664. The molecular formula is C17H25ClN2O. The number of hydrogen-bond acceptors (Lipinski definition) is 2. The maximum atomic E-state index is 12.9. The number of benzene rings is 1. The van der Waals surface area contributed by atoms with Crippen LogP contribution >= 0.6 is 11.6 Å². The Morgan fingerprint density at radius 2 is 2.00 bits per heavy atom. The van der Waals surface area contributed by atoms with Gasteiger partial charge in [-0.25, -0.2) is 0 Å². The van der Waals surface area contributed by atoms with Gasteiger partial charge in [0.05, 0.1) is 0 Å². The zero-order chi connectivity index (χ0) is 15.4. The summed E-state index contributed by atoms with van der Waals surface area (Å²) in [6.45, 7) is 5.19. The highest BCUT2D eigenvalue weighted by molar-refractivity contribution is 6.31. The van der Waals surface area contributed by atoms with Gasteiger partial charge in [0.25, 0.3) is 5.91 Å². The van der Waals surface area contributed by atoms with Crippen molar-refractivity contribution < 1.29 is 4.79 Å². The Hall–Kier alpha value is -1.22. The standard InChI is InChI=1S/C17H25ClN2O/c1-12(2)7-8-20(16-5-3-4-6-16)17(21)13-9-14(18)11-15(19)10-13/h9-12,16H,3-8,19H2,1-2H3. The number of hydrogen-bond donors (Lipinski definition) is 1. The third-order valence-corrected chi connectivity index (χ3v) is 4.36. The average molecular weight is 309 g/mol. The van der Waals surface area contributed by atoms with Gasteiger partial charge in [-0.3, -0.25) is 4.79 Å². The topological polar surface area (TPSA) is 46.3 Å². The quantitative estimate of drug-likeness (QED) is 0.822. The minimum Gasteiger partial charge on any atom is -0.399 e. The van der Waals surface area contributed by atoms with Crippen molar-refractivity contribution in [3.8, 4) is 0 Å². The molecule has 0 aromatic heterocycles. The van der Waals surface area contributed by atoms with Crippen LogP contribution in [-0.4, -0.2) is 23.4 Å². The van der Waals surface area contributed by atoms with Crippen molar-refractivity contribution in [1.29, 1.82) is 0 Å². The van der Waals surface area contributed by atoms with Gasteiger partial charge in [-0.15, -0.1) is 0 Å². The lowest BCUT2D eigenvalue weighted by Crippen LogP contribution is -2.40. The van der Waals surface area contributed by atoms with Gasteiger partial charge < -0.3 is 10.6 Å². The second-order valence-corrected chi connectivity index (χ2v) is 6.83. The Balaban J connectivity index is 2.19. The highest BCUT2D eigenvalue weighted by Crippen LogP contribution is 2.27. The Morgan fingerprint density at radius 3 is 2.57 bits per heavy atom. The van der Waals surface area contributed by atoms with Crippen LogP contribution in [0.15, 0.2) is 18.2 Å². The first-order chi connectivity index (χ1) is 9.97. The first-order valence-electron chi connectivity index (χ1n) is 7.84. The SMILES string of the molecule is CC(C)CCN(C(=O)c1cc(N)cc(Cl)c1)C1CCCC1. The molecule has 1 fully saturated rings. The van der Waals surface area contributed by atoms with E-state index >= 15 is 0 Å². The number of nitrogens with zero attached hydrogens (tertiary/aromatic N) is 1. The Kier molecular flexibility index (Phi) is 5.51. The highest BCUT2D eigenvalue weighted by atomic mass is 35.5. The van der Waals surface area contributed by atoms with Crippen LogP contribution in [0.5, 0.6) is 0 Å². The van der Waals surface area contributed by atoms with E-state index in [2.05, 4.69) is 13.8 Å². The summed E-state index contributed by atoms with van der Waals surface area (Å²) in [5, 5.41) is 0.522. The number of anilines is 1. The molecule has 116 valence electrons. The molecule has 3 nitrogen and oxygen atoms in total. The van der Waals surface area contributed by atoms with Crippen LogP contribution in [-0.2, 0) is 0 Å². The van der Waals surface area contributed by atoms with E-state index < -0.39 is 0 Å². The highest BCUT2D eigenvalue weighted by Gasteiger charge is 2.27. The molecule has 0 spiro atoms. The summed E-state index contributed by atoms with van der Waals surface area (Å²) in [4.78, 5) is 14.9. The van der Waals surface area contributed by atoms with Gasteiger partial charge in [0, 0.05) is 28.9 Å². The summed E-state index contributed by atoms with van der Waals surface area (Å²) in [5.74, 6) is 0.655. The molecule has 0 bridgehead atoms. The van der Waals surface area contributed by atoms with Crippen LogP contribution in [0.1, 0.15) is 56.3 Å². The maximum absolute atomic E-state index is 12.9. The molecule has 4 heteroatoms. The van der Waals surface area contributed by atoms with E-state index in [4.69, 9.17) is 17.3 Å². The fourth-order valence-electron chi connectivity index (χ4n) is 2.96. The fraction of sp³-hybridized carbons (Fsp3) is 0.588. The van der Waals surface area contributed by atoms with E-state index in [1.54, 1.807) is 18.2 Å². The molecule has 2 N–H and O–H groups in total. The van der Waals surface area contributed by atoms with Gasteiger partial charge in [-0.1, -0.05) is 38.3 Å². The van der Waals surface area contributed by atoms with Gasteiger partial charge in [-0.05, 0) is 43.4 Å². The number of nitrogen functional groups attached to an aromatic ring is 1. The summed E-state index contributed by atoms with van der Waals surface area (Å²) >= 11 is 6.04. The molecule has 2 rings (SSSR count). The zero-order valence-corrected chi connectivity index (χ0v) is 13.7. The van der Waals surface area contributed by atoms with Gasteiger partial charge in [0.1, 0.15) is 0 Å². The third kappa shape index (κ3) is 4.37. The van der Waals surface area contributed by atoms with E-state index in [0.717, 1.165) is 25.8 Å². The first kappa shape index (κ1) is 16.2. The molecular weight excluding hydrogens is 284 g/mol. The van der Waals surface area contributed by atoms with Crippen molar-refractivity contribution in [2.75, 3.05) is 12.3 Å². The normalized spacial score (nSPS) is 15.6. The zero-order valence-electron chi connectivity index (χ0n) is 12.9. The van der Waals surface area contributed by atoms with E-state index in [1.165, 1.54) is 12.8 Å². The maximum Gasteiger partial charge on any atom is 0.254 e. The summed E-state index contributed by atoms with van der Waals surface area (Å²) in [5.41, 5.74) is 6.97. The summed E-state index contributed by atoms with van der Waals surface area (Å²) in [6.07, 6.45) is 5.68. The fourth-order valence-corrected chi connectivity index (χ4v) is 3.21. The molecule has 1 aliphatic rings. The molecule has 1 aromatic carbocycles. The second-order valence-electron chi connectivity index (χ2n) is 6.39. The molecule has 0 saturated heterocycles. The van der Waals surface area contributed by atoms with Crippen molar-refractivity contribution in [2.24, 2.45) is 5.92 Å². The van der Waals surface area contributed by atoms with Crippen LogP contribution in [0.2, 0.25) is 5.02 Å². The summed E-state index contributed by atoms with van der Waals surface area (Å²) in [6, 6.07) is 5.49. The average Bonchev–Trinajstić information content (AvgIpc) is 2.91. The Labute approximate surface area is 132 Å². The van der Waals surface area contributed by atoms with Gasteiger partial charge >= 0.3 is 0 Å². The van der Waals surface area contributed by atoms with Crippen LogP contribution in [0, 0.1) is 5.92 Å². The summed E-state index contributed by atoms with van der Waals surface area (Å²) in [7, 11) is 0. The molecule has 0 heterocycles. The number of halogens is 1. The monoisotopic (exact) mass is 308 g/mol. The van der Waals surface area contributed by atoms with Crippen molar-refractivity contribution in [3.05, 3.63) is 28.8 Å². The second kappa shape index (κ2) is 7.17. The lowest BCUT2D eigenvalue weighted by atomic mass is 10.1. The number of rotatable bonds is 5. The number of nitrogens with two attached hydrogens (primary N) is 1. The first-order valence-corrected chi connectivity index (χ1v) is 8.22. The number of carbonyl (C=O) groups is 1. The molecule has 1 saturated carbocycles. The van der Waals surface area contributed by atoms with Crippen molar-refractivity contribution >= 4 is 23.2 Å². The number of carbonyl (C=O) groups excluding carboxylic acids is 1. The van der Waals surface area contributed by atoms with Crippen LogP contribution in [0.4, 0.5) is 5.69 Å². The van der Waals surface area contributed by atoms with Crippen LogP contribution < -0.4 is 5.73 Å². The van der Waals surface area contributed by atoms with Gasteiger partial charge in [0.2, 0.25) is 0 Å². The minimum absolute atomic E-state index is 0.0664. The molecule has 1 aromatic rings. The van der Waals surface area contributed by atoms with Crippen LogP contribution in [0.3, 0.4) is 0 Å². The lowest BCUT2D eigenvalue weighted by Gasteiger charge is -2.30. The molecule has 0 atom stereocenters. The predicted molar refractivity (Wildman–Crippen MR) is 88.6 cm³/mol. The Bertz CT molecular complexity index is 475. The van der Waals surface area contributed by atoms with E-state index in [-0.39, 0.29) is 5.91 Å². The van der Waals surface area contributed by atoms with Crippen molar-refractivity contribution in [1.82, 2.24) is 4.90 Å². The van der Waals surface area contributed by atoms with Crippen molar-refractivity contribution in [2.45, 2.75) is 52.0 Å². The summed E-state index contributed by atoms with van der Waals surface area (Å²) < 4.78 is 0. The van der Waals surface area contributed by atoms with Gasteiger partial charge in [0.15, 0.2) is 0 Å². The smallest absolute Gasteiger partial charge is 0.254 e. The number of amides is 1. The molecule has 21 heavy (non-hydrogen) atoms. The van der Waals surface area contributed by atoms with Gasteiger partial charge in [-0.2, -0.15) is 0 Å². The molecule has 1 aliphatic carbocycles. The largest absolute Gasteiger partial charge is 0.399 e.